The minimum absolute atomic E-state index is 0.0256. The molecular formula is C12H19N3O3. The van der Waals surface area contributed by atoms with Crippen molar-refractivity contribution in [2.75, 3.05) is 31.3 Å². The van der Waals surface area contributed by atoms with Gasteiger partial charge < -0.3 is 20.5 Å². The molecule has 0 aliphatic heterocycles. The van der Waals surface area contributed by atoms with E-state index in [1.54, 1.807) is 14.0 Å². The average Bonchev–Trinajstić information content (AvgIpc) is 2.37. The number of nitrogen functional groups attached to an aromatic ring is 1. The van der Waals surface area contributed by atoms with Gasteiger partial charge in [-0.25, -0.2) is 9.78 Å². The maximum absolute atomic E-state index is 11.8. The van der Waals surface area contributed by atoms with E-state index < -0.39 is 5.97 Å². The molecular weight excluding hydrogens is 234 g/mol. The van der Waals surface area contributed by atoms with Crippen molar-refractivity contribution in [3.05, 3.63) is 17.8 Å². The van der Waals surface area contributed by atoms with Crippen LogP contribution in [0.3, 0.4) is 0 Å². The van der Waals surface area contributed by atoms with Gasteiger partial charge in [-0.3, -0.25) is 0 Å². The molecule has 1 aromatic rings. The van der Waals surface area contributed by atoms with Gasteiger partial charge in [0.25, 0.3) is 0 Å². The molecule has 0 saturated carbocycles. The second-order valence-electron chi connectivity index (χ2n) is 3.80. The van der Waals surface area contributed by atoms with E-state index in [4.69, 9.17) is 15.2 Å². The Kier molecular flexibility index (Phi) is 5.38. The molecule has 0 spiro atoms. The van der Waals surface area contributed by atoms with Gasteiger partial charge in [0.1, 0.15) is 5.82 Å². The standard InChI is InChI=1S/C12H19N3O3/c1-4-18-12(16)9-5-11(13)15-7-10(9)14-6-8(2)17-3/h5,7-8,14H,4,6H2,1-3H3,(H2,13,15). The fourth-order valence-corrected chi connectivity index (χ4v) is 1.33. The monoisotopic (exact) mass is 253 g/mol. The number of carbonyl (C=O) groups is 1. The second kappa shape index (κ2) is 6.80. The van der Waals surface area contributed by atoms with E-state index in [-0.39, 0.29) is 11.9 Å². The fourth-order valence-electron chi connectivity index (χ4n) is 1.33. The summed E-state index contributed by atoms with van der Waals surface area (Å²) in [7, 11) is 1.62. The summed E-state index contributed by atoms with van der Waals surface area (Å²) in [6.45, 7) is 4.55. The lowest BCUT2D eigenvalue weighted by atomic mass is 10.2. The molecule has 0 fully saturated rings. The number of esters is 1. The largest absolute Gasteiger partial charge is 0.462 e. The van der Waals surface area contributed by atoms with Crippen LogP contribution in [0.4, 0.5) is 11.5 Å². The summed E-state index contributed by atoms with van der Waals surface area (Å²) in [5.74, 6) is -0.137. The summed E-state index contributed by atoms with van der Waals surface area (Å²) in [5, 5.41) is 3.09. The van der Waals surface area contributed by atoms with Crippen LogP contribution in [0.25, 0.3) is 0 Å². The Balaban J connectivity index is 2.86. The van der Waals surface area contributed by atoms with Gasteiger partial charge in [0.05, 0.1) is 30.2 Å². The topological polar surface area (TPSA) is 86.5 Å². The molecule has 6 nitrogen and oxygen atoms in total. The lowest BCUT2D eigenvalue weighted by Gasteiger charge is -2.14. The van der Waals surface area contributed by atoms with Crippen molar-refractivity contribution in [2.24, 2.45) is 0 Å². The molecule has 1 rings (SSSR count). The zero-order chi connectivity index (χ0) is 13.5. The number of nitrogens with two attached hydrogens (primary N) is 1. The number of methoxy groups -OCH3 is 1. The van der Waals surface area contributed by atoms with Crippen LogP contribution in [0.1, 0.15) is 24.2 Å². The van der Waals surface area contributed by atoms with Crippen LogP contribution in [0.2, 0.25) is 0 Å². The molecule has 0 aliphatic rings. The summed E-state index contributed by atoms with van der Waals surface area (Å²) in [6, 6.07) is 1.50. The van der Waals surface area contributed by atoms with Crippen LogP contribution >= 0.6 is 0 Å². The highest BCUT2D eigenvalue weighted by atomic mass is 16.5. The molecule has 1 unspecified atom stereocenters. The number of pyridine rings is 1. The minimum atomic E-state index is -0.417. The molecule has 0 radical (unpaired) electrons. The van der Waals surface area contributed by atoms with Gasteiger partial charge in [-0.05, 0) is 19.9 Å². The Labute approximate surface area is 106 Å². The maximum atomic E-state index is 11.8. The van der Waals surface area contributed by atoms with Crippen LogP contribution in [-0.2, 0) is 9.47 Å². The lowest BCUT2D eigenvalue weighted by Crippen LogP contribution is -2.20. The molecule has 1 heterocycles. The number of nitrogens with zero attached hydrogens (tertiary/aromatic N) is 1. The Morgan fingerprint density at radius 1 is 1.61 bits per heavy atom. The van der Waals surface area contributed by atoms with Crippen molar-refractivity contribution >= 4 is 17.5 Å². The van der Waals surface area contributed by atoms with Gasteiger partial charge in [0.15, 0.2) is 0 Å². The van der Waals surface area contributed by atoms with E-state index in [9.17, 15) is 4.79 Å². The summed E-state index contributed by atoms with van der Waals surface area (Å²) in [5.41, 5.74) is 6.54. The first-order valence-electron chi connectivity index (χ1n) is 5.77. The SMILES string of the molecule is CCOC(=O)c1cc(N)ncc1NCC(C)OC. The molecule has 0 aromatic carbocycles. The highest BCUT2D eigenvalue weighted by Gasteiger charge is 2.14. The Morgan fingerprint density at radius 2 is 2.33 bits per heavy atom. The van der Waals surface area contributed by atoms with Crippen molar-refractivity contribution in [1.82, 2.24) is 4.98 Å². The van der Waals surface area contributed by atoms with E-state index >= 15 is 0 Å². The number of nitrogens with one attached hydrogen (secondary N) is 1. The summed E-state index contributed by atoms with van der Waals surface area (Å²) >= 11 is 0. The van der Waals surface area contributed by atoms with Gasteiger partial charge >= 0.3 is 5.97 Å². The van der Waals surface area contributed by atoms with E-state index in [1.807, 2.05) is 6.92 Å². The van der Waals surface area contributed by atoms with E-state index in [0.717, 1.165) is 0 Å². The first-order chi connectivity index (χ1) is 8.58. The van der Waals surface area contributed by atoms with Crippen molar-refractivity contribution in [1.29, 1.82) is 0 Å². The summed E-state index contributed by atoms with van der Waals surface area (Å²) in [4.78, 5) is 15.7. The molecule has 18 heavy (non-hydrogen) atoms. The van der Waals surface area contributed by atoms with Gasteiger partial charge in [-0.1, -0.05) is 0 Å². The number of carbonyl (C=O) groups excluding carboxylic acids is 1. The van der Waals surface area contributed by atoms with Crippen LogP contribution in [-0.4, -0.2) is 37.3 Å². The van der Waals surface area contributed by atoms with Gasteiger partial charge in [-0.2, -0.15) is 0 Å². The summed E-state index contributed by atoms with van der Waals surface area (Å²) in [6.07, 6.45) is 1.54. The van der Waals surface area contributed by atoms with Crippen LogP contribution in [0, 0.1) is 0 Å². The Bertz CT molecular complexity index is 410. The molecule has 100 valence electrons. The van der Waals surface area contributed by atoms with Gasteiger partial charge in [-0.15, -0.1) is 0 Å². The van der Waals surface area contributed by atoms with Crippen molar-refractivity contribution < 1.29 is 14.3 Å². The quantitative estimate of drug-likeness (QED) is 0.743. The van der Waals surface area contributed by atoms with Gasteiger partial charge in [0, 0.05) is 13.7 Å². The van der Waals surface area contributed by atoms with Crippen molar-refractivity contribution in [3.63, 3.8) is 0 Å². The molecule has 0 bridgehead atoms. The van der Waals surface area contributed by atoms with Gasteiger partial charge in [0.2, 0.25) is 0 Å². The Hall–Kier alpha value is -1.82. The summed E-state index contributed by atoms with van der Waals surface area (Å²) < 4.78 is 10.1. The predicted molar refractivity (Wildman–Crippen MR) is 69.6 cm³/mol. The van der Waals surface area contributed by atoms with Crippen LogP contribution < -0.4 is 11.1 Å². The molecule has 1 aromatic heterocycles. The zero-order valence-electron chi connectivity index (χ0n) is 10.9. The molecule has 1 atom stereocenters. The lowest BCUT2D eigenvalue weighted by molar-refractivity contribution is 0.0527. The van der Waals surface area contributed by atoms with Crippen molar-refractivity contribution in [3.8, 4) is 0 Å². The number of rotatable bonds is 6. The molecule has 0 amide bonds. The smallest absolute Gasteiger partial charge is 0.340 e. The highest BCUT2D eigenvalue weighted by Crippen LogP contribution is 2.18. The third-order valence-electron chi connectivity index (χ3n) is 2.40. The minimum Gasteiger partial charge on any atom is -0.462 e. The molecule has 0 saturated heterocycles. The number of hydrogen-bond acceptors (Lipinski definition) is 6. The first kappa shape index (κ1) is 14.2. The molecule has 6 heteroatoms. The highest BCUT2D eigenvalue weighted by molar-refractivity contribution is 5.96. The second-order valence-corrected chi connectivity index (χ2v) is 3.80. The first-order valence-corrected chi connectivity index (χ1v) is 5.77. The number of anilines is 2. The predicted octanol–water partition coefficient (Wildman–Crippen LogP) is 1.29. The molecule has 3 N–H and O–H groups in total. The third-order valence-corrected chi connectivity index (χ3v) is 2.40. The Morgan fingerprint density at radius 3 is 2.94 bits per heavy atom. The molecule has 0 aliphatic carbocycles. The van der Waals surface area contributed by atoms with E-state index in [0.29, 0.717) is 24.4 Å². The van der Waals surface area contributed by atoms with Crippen molar-refractivity contribution in [2.45, 2.75) is 20.0 Å². The van der Waals surface area contributed by atoms with E-state index in [1.165, 1.54) is 12.3 Å². The number of ether oxygens (including phenoxy) is 2. The normalized spacial score (nSPS) is 11.9. The average molecular weight is 253 g/mol. The van der Waals surface area contributed by atoms with Crippen LogP contribution in [0.5, 0.6) is 0 Å². The zero-order valence-corrected chi connectivity index (χ0v) is 10.9. The van der Waals surface area contributed by atoms with E-state index in [2.05, 4.69) is 10.3 Å². The van der Waals surface area contributed by atoms with Crippen LogP contribution in [0.15, 0.2) is 12.3 Å². The number of aromatic nitrogens is 1. The number of hydrogen-bond donors (Lipinski definition) is 2. The third kappa shape index (κ3) is 3.89. The maximum Gasteiger partial charge on any atom is 0.340 e. The fraction of sp³-hybridized carbons (Fsp3) is 0.500.